The van der Waals surface area contributed by atoms with Gasteiger partial charge in [0, 0.05) is 20.0 Å². The second-order valence-corrected chi connectivity index (χ2v) is 7.11. The van der Waals surface area contributed by atoms with Gasteiger partial charge < -0.3 is 10.6 Å². The predicted molar refractivity (Wildman–Crippen MR) is 94.5 cm³/mol. The third kappa shape index (κ3) is 4.72. The van der Waals surface area contributed by atoms with Crippen LogP contribution in [0.3, 0.4) is 0 Å². The molecular formula is C18H29ClN2O. The summed E-state index contributed by atoms with van der Waals surface area (Å²) in [7, 11) is 1.90. The molecule has 1 aliphatic carbocycles. The number of nitrogens with two attached hydrogens (primary N) is 1. The van der Waals surface area contributed by atoms with Crippen LogP contribution >= 0.6 is 12.4 Å². The van der Waals surface area contributed by atoms with Crippen molar-refractivity contribution in [2.24, 2.45) is 11.1 Å². The number of nitrogens with zero attached hydrogens (tertiary/aromatic N) is 1. The number of hydrogen-bond acceptors (Lipinski definition) is 2. The summed E-state index contributed by atoms with van der Waals surface area (Å²) in [5.74, 6) is 0.615. The Morgan fingerprint density at radius 3 is 2.73 bits per heavy atom. The van der Waals surface area contributed by atoms with E-state index in [1.807, 2.05) is 11.9 Å². The van der Waals surface area contributed by atoms with E-state index in [0.717, 1.165) is 19.4 Å². The van der Waals surface area contributed by atoms with E-state index in [1.165, 1.54) is 17.5 Å². The van der Waals surface area contributed by atoms with E-state index in [1.54, 1.807) is 0 Å². The lowest BCUT2D eigenvalue weighted by Crippen LogP contribution is -2.40. The fourth-order valence-corrected chi connectivity index (χ4v) is 3.23. The van der Waals surface area contributed by atoms with Crippen molar-refractivity contribution in [1.29, 1.82) is 0 Å². The molecule has 0 saturated heterocycles. The smallest absolute Gasteiger partial charge is 0.222 e. The Balaban J connectivity index is 0.00000242. The molecule has 1 unspecified atom stereocenters. The molecule has 0 saturated carbocycles. The molecule has 1 aliphatic rings. The zero-order valence-electron chi connectivity index (χ0n) is 14.0. The van der Waals surface area contributed by atoms with E-state index in [9.17, 15) is 4.79 Å². The van der Waals surface area contributed by atoms with Gasteiger partial charge in [-0.15, -0.1) is 12.4 Å². The molecule has 1 atom stereocenters. The van der Waals surface area contributed by atoms with Crippen LogP contribution in [0.25, 0.3) is 0 Å². The number of halogens is 1. The largest absolute Gasteiger partial charge is 0.345 e. The Kier molecular flexibility index (Phi) is 6.89. The standard InChI is InChI=1S/C18H28N2O.ClH/c1-18(2,12-19)13-20(3)17(21)11-15-9-6-8-14-7-4-5-10-16(14)15;/h4-5,7,10,15H,6,8-9,11-13,19H2,1-3H3;1H. The van der Waals surface area contributed by atoms with Crippen molar-refractivity contribution in [3.8, 4) is 0 Å². The van der Waals surface area contributed by atoms with Crippen LogP contribution in [0.4, 0.5) is 0 Å². The van der Waals surface area contributed by atoms with Crippen LogP contribution in [0.2, 0.25) is 0 Å². The van der Waals surface area contributed by atoms with Gasteiger partial charge in [0.2, 0.25) is 5.91 Å². The Morgan fingerprint density at radius 1 is 1.36 bits per heavy atom. The molecule has 0 heterocycles. The van der Waals surface area contributed by atoms with Crippen molar-refractivity contribution in [1.82, 2.24) is 4.90 Å². The highest BCUT2D eigenvalue weighted by Gasteiger charge is 2.26. The molecule has 124 valence electrons. The lowest BCUT2D eigenvalue weighted by molar-refractivity contribution is -0.131. The van der Waals surface area contributed by atoms with Gasteiger partial charge in [-0.05, 0) is 48.3 Å². The fourth-order valence-electron chi connectivity index (χ4n) is 3.23. The summed E-state index contributed by atoms with van der Waals surface area (Å²) in [5.41, 5.74) is 8.55. The van der Waals surface area contributed by atoms with E-state index in [0.29, 0.717) is 18.9 Å². The molecule has 0 spiro atoms. The van der Waals surface area contributed by atoms with Crippen LogP contribution in [0.5, 0.6) is 0 Å². The van der Waals surface area contributed by atoms with Crippen molar-refractivity contribution in [3.63, 3.8) is 0 Å². The third-order valence-corrected chi connectivity index (χ3v) is 4.56. The molecule has 0 fully saturated rings. The molecule has 3 nitrogen and oxygen atoms in total. The van der Waals surface area contributed by atoms with Gasteiger partial charge in [0.25, 0.3) is 0 Å². The molecule has 1 aromatic carbocycles. The second-order valence-electron chi connectivity index (χ2n) is 7.11. The molecule has 2 rings (SSSR count). The first-order valence-electron chi connectivity index (χ1n) is 7.95. The van der Waals surface area contributed by atoms with Crippen LogP contribution in [-0.2, 0) is 11.2 Å². The van der Waals surface area contributed by atoms with Crippen LogP contribution in [0.15, 0.2) is 24.3 Å². The van der Waals surface area contributed by atoms with Gasteiger partial charge in [-0.3, -0.25) is 4.79 Å². The van der Waals surface area contributed by atoms with Crippen molar-refractivity contribution in [2.45, 2.75) is 45.4 Å². The number of carbonyl (C=O) groups is 1. The first-order chi connectivity index (χ1) is 9.93. The normalized spacial score (nSPS) is 17.4. The zero-order chi connectivity index (χ0) is 15.5. The molecule has 0 aromatic heterocycles. The maximum absolute atomic E-state index is 12.5. The van der Waals surface area contributed by atoms with E-state index < -0.39 is 0 Å². The van der Waals surface area contributed by atoms with Gasteiger partial charge in [0.05, 0.1) is 0 Å². The van der Waals surface area contributed by atoms with Gasteiger partial charge >= 0.3 is 0 Å². The summed E-state index contributed by atoms with van der Waals surface area (Å²) in [6.07, 6.45) is 4.08. The average molecular weight is 325 g/mol. The number of hydrogen-bond donors (Lipinski definition) is 1. The van der Waals surface area contributed by atoms with Crippen LogP contribution in [0.1, 0.15) is 50.2 Å². The zero-order valence-corrected chi connectivity index (χ0v) is 14.8. The molecule has 4 heteroatoms. The minimum absolute atomic E-state index is 0. The summed E-state index contributed by atoms with van der Waals surface area (Å²) in [4.78, 5) is 14.4. The number of carbonyl (C=O) groups excluding carboxylic acids is 1. The first kappa shape index (κ1) is 19.0. The quantitative estimate of drug-likeness (QED) is 0.902. The molecule has 1 aromatic rings. The monoisotopic (exact) mass is 324 g/mol. The highest BCUT2D eigenvalue weighted by molar-refractivity contribution is 5.85. The molecule has 0 radical (unpaired) electrons. The maximum atomic E-state index is 12.5. The van der Waals surface area contributed by atoms with Crippen molar-refractivity contribution < 1.29 is 4.79 Å². The minimum atomic E-state index is -0.0190. The van der Waals surface area contributed by atoms with Crippen LogP contribution in [0, 0.1) is 5.41 Å². The summed E-state index contributed by atoms with van der Waals surface area (Å²) in [6.45, 7) is 5.52. The van der Waals surface area contributed by atoms with Gasteiger partial charge in [-0.1, -0.05) is 38.1 Å². The molecule has 1 amide bonds. The van der Waals surface area contributed by atoms with Crippen LogP contribution in [-0.4, -0.2) is 30.9 Å². The topological polar surface area (TPSA) is 46.3 Å². The number of fused-ring (bicyclic) bond motifs is 1. The Hall–Kier alpha value is -1.06. The molecule has 0 bridgehead atoms. The highest BCUT2D eigenvalue weighted by atomic mass is 35.5. The van der Waals surface area contributed by atoms with Crippen LogP contribution < -0.4 is 5.73 Å². The number of amides is 1. The summed E-state index contributed by atoms with van der Waals surface area (Å²) in [6, 6.07) is 8.57. The van der Waals surface area contributed by atoms with Gasteiger partial charge in [0.15, 0.2) is 0 Å². The maximum Gasteiger partial charge on any atom is 0.222 e. The van der Waals surface area contributed by atoms with Crippen molar-refractivity contribution in [2.75, 3.05) is 20.1 Å². The summed E-state index contributed by atoms with van der Waals surface area (Å²) in [5, 5.41) is 0. The second kappa shape index (κ2) is 7.98. The average Bonchev–Trinajstić information content (AvgIpc) is 2.47. The fraction of sp³-hybridized carbons (Fsp3) is 0.611. The number of benzene rings is 1. The van der Waals surface area contributed by atoms with Gasteiger partial charge in [0.1, 0.15) is 0 Å². The molecular weight excluding hydrogens is 296 g/mol. The SMILES string of the molecule is CN(CC(C)(C)CN)C(=O)CC1CCCc2ccccc21.Cl. The van der Waals surface area contributed by atoms with E-state index >= 15 is 0 Å². The van der Waals surface area contributed by atoms with Crippen molar-refractivity contribution in [3.05, 3.63) is 35.4 Å². The molecule has 2 N–H and O–H groups in total. The Labute approximate surface area is 140 Å². The predicted octanol–water partition coefficient (Wildman–Crippen LogP) is 3.36. The summed E-state index contributed by atoms with van der Waals surface area (Å²) < 4.78 is 0. The summed E-state index contributed by atoms with van der Waals surface area (Å²) >= 11 is 0. The first-order valence-corrected chi connectivity index (χ1v) is 7.95. The number of aryl methyl sites for hydroxylation is 1. The lowest BCUT2D eigenvalue weighted by Gasteiger charge is -2.31. The minimum Gasteiger partial charge on any atom is -0.345 e. The van der Waals surface area contributed by atoms with E-state index in [4.69, 9.17) is 5.73 Å². The molecule has 0 aliphatic heterocycles. The highest BCUT2D eigenvalue weighted by Crippen LogP contribution is 2.34. The van der Waals surface area contributed by atoms with Crippen molar-refractivity contribution >= 4 is 18.3 Å². The molecule has 22 heavy (non-hydrogen) atoms. The Morgan fingerprint density at radius 2 is 2.05 bits per heavy atom. The van der Waals surface area contributed by atoms with Gasteiger partial charge in [-0.2, -0.15) is 0 Å². The van der Waals surface area contributed by atoms with Gasteiger partial charge in [-0.25, -0.2) is 0 Å². The van der Waals surface area contributed by atoms with E-state index in [2.05, 4.69) is 38.1 Å². The lowest BCUT2D eigenvalue weighted by atomic mass is 9.81. The van der Waals surface area contributed by atoms with E-state index in [-0.39, 0.29) is 23.7 Å². The Bertz CT molecular complexity index is 502. The number of rotatable bonds is 5. The third-order valence-electron chi connectivity index (χ3n) is 4.56.